The highest BCUT2D eigenvalue weighted by molar-refractivity contribution is 7.86. The number of rotatable bonds is 11. The second kappa shape index (κ2) is 11.8. The third-order valence-electron chi connectivity index (χ3n) is 5.71. The molecule has 0 amide bonds. The topological polar surface area (TPSA) is 234 Å². The summed E-state index contributed by atoms with van der Waals surface area (Å²) in [4.78, 5) is 12.3. The molecule has 0 aliphatic carbocycles. The van der Waals surface area contributed by atoms with E-state index in [-0.39, 0.29) is 34.5 Å². The Morgan fingerprint density at radius 1 is 0.927 bits per heavy atom. The van der Waals surface area contributed by atoms with Gasteiger partial charge in [0.25, 0.3) is 25.8 Å². The van der Waals surface area contributed by atoms with Crippen LogP contribution in [-0.2, 0) is 46.6 Å². The number of hydrazine groups is 1. The van der Waals surface area contributed by atoms with Gasteiger partial charge in [0.15, 0.2) is 0 Å². The quantitative estimate of drug-likeness (QED) is 0.0776. The molecule has 1 aromatic heterocycles. The van der Waals surface area contributed by atoms with Crippen LogP contribution in [0.1, 0.15) is 5.69 Å². The van der Waals surface area contributed by atoms with Gasteiger partial charge in [0, 0.05) is 15.7 Å². The van der Waals surface area contributed by atoms with E-state index in [0.29, 0.717) is 16.3 Å². The van der Waals surface area contributed by atoms with Gasteiger partial charge in [0.05, 0.1) is 40.2 Å². The largest absolute Gasteiger partial charge is 0.301 e. The van der Waals surface area contributed by atoms with Gasteiger partial charge in [0.1, 0.15) is 15.5 Å². The van der Waals surface area contributed by atoms with Crippen LogP contribution in [0.2, 0.25) is 0 Å². The van der Waals surface area contributed by atoms with Crippen LogP contribution in [0.15, 0.2) is 74.1 Å². The molecular formula is C22H22N4O11S4. The molecule has 4 rings (SSSR count). The predicted octanol–water partition coefficient (Wildman–Crippen LogP) is 1.82. The maximum atomic E-state index is 13.1. The van der Waals surface area contributed by atoms with Gasteiger partial charge in [-0.05, 0) is 43.3 Å². The number of hydrogen-bond acceptors (Lipinski definition) is 10. The zero-order valence-corrected chi connectivity index (χ0v) is 24.1. The molecule has 41 heavy (non-hydrogen) atoms. The predicted molar refractivity (Wildman–Crippen MR) is 150 cm³/mol. The number of H-pyrrole nitrogens is 1. The van der Waals surface area contributed by atoms with Crippen molar-refractivity contribution in [2.24, 2.45) is 0 Å². The number of aryl methyl sites for hydroxylation is 1. The number of nitrogens with zero attached hydrogens (tertiary/aromatic N) is 1. The van der Waals surface area contributed by atoms with Gasteiger partial charge >= 0.3 is 11.4 Å². The molecule has 19 heteroatoms. The lowest BCUT2D eigenvalue weighted by Gasteiger charge is -2.15. The molecule has 4 aromatic rings. The van der Waals surface area contributed by atoms with Crippen molar-refractivity contribution >= 4 is 64.5 Å². The summed E-state index contributed by atoms with van der Waals surface area (Å²) >= 11 is -2.46. The van der Waals surface area contributed by atoms with Crippen LogP contribution in [0, 0.1) is 6.92 Å². The zero-order chi connectivity index (χ0) is 30.1. The summed E-state index contributed by atoms with van der Waals surface area (Å²) in [6.45, 7) is 1.35. The van der Waals surface area contributed by atoms with Crippen LogP contribution in [0.3, 0.4) is 0 Å². The molecule has 2 unspecified atom stereocenters. The number of aromatic amines is 1. The van der Waals surface area contributed by atoms with E-state index >= 15 is 0 Å². The molecule has 3 aromatic carbocycles. The molecule has 6 N–H and O–H groups in total. The second-order valence-electron chi connectivity index (χ2n) is 8.33. The summed E-state index contributed by atoms with van der Waals surface area (Å²) in [6, 6.07) is 11.9. The molecular weight excluding hydrogens is 625 g/mol. The third kappa shape index (κ3) is 6.73. The van der Waals surface area contributed by atoms with Gasteiger partial charge in [0.2, 0.25) is 0 Å². The number of hydrogen-bond donors (Lipinski definition) is 6. The number of anilines is 2. The fourth-order valence-corrected chi connectivity index (χ4v) is 6.75. The average Bonchev–Trinajstić information content (AvgIpc) is 3.18. The van der Waals surface area contributed by atoms with E-state index in [0.717, 1.165) is 16.8 Å². The van der Waals surface area contributed by atoms with E-state index in [1.807, 2.05) is 0 Å². The van der Waals surface area contributed by atoms with E-state index in [9.17, 15) is 39.2 Å². The maximum Gasteiger partial charge on any atom is 0.301 e. The first kappa shape index (κ1) is 30.5. The lowest BCUT2D eigenvalue weighted by Crippen LogP contribution is -2.21. The molecule has 0 spiro atoms. The summed E-state index contributed by atoms with van der Waals surface area (Å²) in [7, 11) is -11.2. The number of aromatic nitrogens is 2. The lowest BCUT2D eigenvalue weighted by molar-refractivity contribution is 0.327. The van der Waals surface area contributed by atoms with E-state index in [1.165, 1.54) is 42.5 Å². The molecule has 0 saturated heterocycles. The SMILES string of the molecule is Cc1[nH]n(-c2ccc(S(=O)CCOS(=O)O)cc2)c(=O)c1NNc1ccc2c(S(=O)(=O)O)cccc2c1S(=O)(=O)O. The molecule has 0 radical (unpaired) electrons. The Kier molecular flexibility index (Phi) is 8.80. The van der Waals surface area contributed by atoms with Gasteiger partial charge in [-0.25, -0.2) is 4.68 Å². The van der Waals surface area contributed by atoms with Crippen molar-refractivity contribution in [1.82, 2.24) is 9.78 Å². The Morgan fingerprint density at radius 3 is 2.22 bits per heavy atom. The van der Waals surface area contributed by atoms with Gasteiger partial charge in [-0.2, -0.15) is 21.0 Å². The summed E-state index contributed by atoms with van der Waals surface area (Å²) in [5, 5.41) is 2.48. The summed E-state index contributed by atoms with van der Waals surface area (Å²) in [6.07, 6.45) is 0. The molecule has 220 valence electrons. The number of fused-ring (bicyclic) bond motifs is 1. The van der Waals surface area contributed by atoms with Crippen LogP contribution >= 0.6 is 0 Å². The fraction of sp³-hybridized carbons (Fsp3) is 0.136. The third-order valence-corrected chi connectivity index (χ3v) is 9.28. The van der Waals surface area contributed by atoms with Crippen molar-refractivity contribution in [2.75, 3.05) is 23.2 Å². The number of nitrogens with one attached hydrogen (secondary N) is 3. The van der Waals surface area contributed by atoms with Crippen molar-refractivity contribution in [3.63, 3.8) is 0 Å². The van der Waals surface area contributed by atoms with E-state index in [2.05, 4.69) is 20.1 Å². The number of benzene rings is 3. The molecule has 0 bridgehead atoms. The fourth-order valence-electron chi connectivity index (χ4n) is 3.95. The van der Waals surface area contributed by atoms with Crippen LogP contribution < -0.4 is 16.4 Å². The first-order chi connectivity index (χ1) is 19.2. The molecule has 0 fully saturated rings. The molecule has 0 aliphatic heterocycles. The maximum absolute atomic E-state index is 13.1. The second-order valence-corrected chi connectivity index (χ2v) is 13.3. The van der Waals surface area contributed by atoms with Crippen LogP contribution in [-0.4, -0.2) is 61.1 Å². The molecule has 0 saturated carbocycles. The van der Waals surface area contributed by atoms with Gasteiger partial charge in [-0.15, -0.1) is 0 Å². The average molecular weight is 647 g/mol. The molecule has 0 aliphatic rings. The smallest absolute Gasteiger partial charge is 0.299 e. The van der Waals surface area contributed by atoms with Crippen molar-refractivity contribution < 1.29 is 43.1 Å². The van der Waals surface area contributed by atoms with Crippen molar-refractivity contribution in [3.8, 4) is 5.69 Å². The summed E-state index contributed by atoms with van der Waals surface area (Å²) in [5.74, 6) is -0.0234. The normalized spacial score (nSPS) is 13.7. The van der Waals surface area contributed by atoms with E-state index in [1.54, 1.807) is 6.92 Å². The highest BCUT2D eigenvalue weighted by atomic mass is 32.2. The zero-order valence-electron chi connectivity index (χ0n) is 20.8. The standard InChI is InChI=1S/C22H22N4O11S4/c1-13-20(22(27)26(25-13)14-5-7-15(8-6-14)38(28)12-11-37-39(29)30)24-23-18-10-9-16-17(21(18)41(34,35)36)3-2-4-19(16)40(31,32)33/h2-10,23-25H,11-12H2,1H3,(H,29,30)(H,31,32,33)(H,34,35,36). The van der Waals surface area contributed by atoms with E-state index < -0.39 is 57.7 Å². The van der Waals surface area contributed by atoms with Crippen molar-refractivity contribution in [2.45, 2.75) is 21.6 Å². The van der Waals surface area contributed by atoms with Crippen LogP contribution in [0.5, 0.6) is 0 Å². The Morgan fingerprint density at radius 2 is 1.61 bits per heavy atom. The van der Waals surface area contributed by atoms with Crippen molar-refractivity contribution in [3.05, 3.63) is 70.6 Å². The van der Waals surface area contributed by atoms with Crippen LogP contribution in [0.25, 0.3) is 16.5 Å². The first-order valence-electron chi connectivity index (χ1n) is 11.3. The first-order valence-corrected chi connectivity index (χ1v) is 16.5. The summed E-state index contributed by atoms with van der Waals surface area (Å²) in [5.41, 5.74) is 5.01. The van der Waals surface area contributed by atoms with Gasteiger partial charge < -0.3 is 0 Å². The highest BCUT2D eigenvalue weighted by Crippen LogP contribution is 2.34. The molecule has 1 heterocycles. The highest BCUT2D eigenvalue weighted by Gasteiger charge is 2.24. The van der Waals surface area contributed by atoms with Crippen LogP contribution in [0.4, 0.5) is 11.4 Å². The minimum Gasteiger partial charge on any atom is -0.299 e. The Balaban J connectivity index is 1.62. The minimum absolute atomic E-state index is 0.0234. The Hall–Kier alpha value is -3.43. The Labute approximate surface area is 237 Å². The summed E-state index contributed by atoms with van der Waals surface area (Å²) < 4.78 is 105. The monoisotopic (exact) mass is 646 g/mol. The Bertz CT molecular complexity index is 1950. The molecule has 15 nitrogen and oxygen atoms in total. The van der Waals surface area contributed by atoms with Gasteiger partial charge in [-0.3, -0.25) is 42.8 Å². The molecule has 2 atom stereocenters. The van der Waals surface area contributed by atoms with Crippen molar-refractivity contribution in [1.29, 1.82) is 0 Å². The van der Waals surface area contributed by atoms with Gasteiger partial charge in [-0.1, -0.05) is 18.2 Å². The minimum atomic E-state index is -4.94. The lowest BCUT2D eigenvalue weighted by atomic mass is 10.1. The van der Waals surface area contributed by atoms with E-state index in [4.69, 9.17) is 4.55 Å².